The van der Waals surface area contributed by atoms with Gasteiger partial charge in [-0.1, -0.05) is 18.2 Å². The van der Waals surface area contributed by atoms with Crippen molar-refractivity contribution >= 4 is 5.97 Å². The molecule has 0 amide bonds. The smallest absolute Gasteiger partial charge is 0.293 e. The number of carbonyl (C=O) groups is 1. The zero-order valence-corrected chi connectivity index (χ0v) is 15.8. The van der Waals surface area contributed by atoms with Gasteiger partial charge in [-0.3, -0.25) is 4.89 Å². The van der Waals surface area contributed by atoms with Gasteiger partial charge >= 0.3 is 48.4 Å². The molecule has 1 aromatic rings. The summed E-state index contributed by atoms with van der Waals surface area (Å²) in [7, 11) is 0. The molecule has 0 aromatic heterocycles. The summed E-state index contributed by atoms with van der Waals surface area (Å²) in [5.41, 5.74) is -0.374. The van der Waals surface area contributed by atoms with Gasteiger partial charge in [-0.25, -0.2) is 14.3 Å². The van der Waals surface area contributed by atoms with Crippen molar-refractivity contribution in [1.29, 1.82) is 0 Å². The van der Waals surface area contributed by atoms with Gasteiger partial charge in [-0.2, -0.15) is 70.7 Å². The van der Waals surface area contributed by atoms with E-state index in [4.69, 9.17) is 0 Å². The van der Waals surface area contributed by atoms with Crippen molar-refractivity contribution in [3.05, 3.63) is 35.9 Å². The van der Waals surface area contributed by atoms with Crippen molar-refractivity contribution < 1.29 is 89.9 Å². The molecular formula is C15H7F15O5. The Morgan fingerprint density at radius 2 is 1.09 bits per heavy atom. The van der Waals surface area contributed by atoms with Crippen LogP contribution < -0.4 is 0 Å². The lowest BCUT2D eigenvalue weighted by Gasteiger charge is -2.36. The van der Waals surface area contributed by atoms with Gasteiger partial charge < -0.3 is 0 Å². The molecule has 0 aliphatic carbocycles. The fraction of sp³-hybridized carbons (Fsp3) is 0.533. The minimum Gasteiger partial charge on any atom is -0.293 e. The Morgan fingerprint density at radius 3 is 1.54 bits per heavy atom. The highest BCUT2D eigenvalue weighted by atomic mass is 19.4. The lowest BCUT2D eigenvalue weighted by atomic mass is 10.1. The van der Waals surface area contributed by atoms with Crippen LogP contribution in [0.4, 0.5) is 65.9 Å². The zero-order chi connectivity index (χ0) is 27.7. The minimum atomic E-state index is -7.95. The Kier molecular flexibility index (Phi) is 8.31. The average Bonchev–Trinajstić information content (AvgIpc) is 2.65. The van der Waals surface area contributed by atoms with Gasteiger partial charge in [0.05, 0.1) is 5.56 Å². The molecule has 0 bridgehead atoms. The van der Waals surface area contributed by atoms with Gasteiger partial charge in [0.1, 0.15) is 0 Å². The average molecular weight is 552 g/mol. The van der Waals surface area contributed by atoms with Gasteiger partial charge in [0, 0.05) is 0 Å². The van der Waals surface area contributed by atoms with E-state index < -0.39 is 55.0 Å². The molecule has 0 N–H and O–H groups in total. The van der Waals surface area contributed by atoms with E-state index in [0.29, 0.717) is 0 Å². The number of hydrogen-bond donors (Lipinski definition) is 0. The highest BCUT2D eigenvalue weighted by Gasteiger charge is 2.85. The molecule has 0 aliphatic heterocycles. The fourth-order valence-electron chi connectivity index (χ4n) is 1.70. The Hall–Kier alpha value is -2.48. The topological polar surface area (TPSA) is 54.0 Å². The number of carbonyl (C=O) groups excluding carboxylic acids is 1. The molecule has 5 nitrogen and oxygen atoms in total. The number of hydrogen-bond acceptors (Lipinski definition) is 5. The van der Waals surface area contributed by atoms with E-state index in [-0.39, 0.29) is 5.56 Å². The molecule has 0 spiro atoms. The molecule has 0 saturated carbocycles. The van der Waals surface area contributed by atoms with Crippen LogP contribution in [0.2, 0.25) is 0 Å². The van der Waals surface area contributed by atoms with E-state index in [2.05, 4.69) is 14.5 Å². The molecule has 1 rings (SSSR count). The molecule has 35 heavy (non-hydrogen) atoms. The molecule has 0 unspecified atom stereocenters. The van der Waals surface area contributed by atoms with Gasteiger partial charge in [-0.15, -0.1) is 0 Å². The zero-order valence-electron chi connectivity index (χ0n) is 15.8. The first-order chi connectivity index (χ1) is 15.4. The Labute approximate surface area is 182 Å². The maximum atomic E-state index is 13.3. The molecular weight excluding hydrogens is 545 g/mol. The van der Waals surface area contributed by atoms with Crippen LogP contribution in [0.3, 0.4) is 0 Å². The lowest BCUT2D eigenvalue weighted by molar-refractivity contribution is -0.545. The van der Waals surface area contributed by atoms with E-state index in [0.717, 1.165) is 12.1 Å². The molecule has 202 valence electrons. The van der Waals surface area contributed by atoms with Crippen molar-refractivity contribution in [1.82, 2.24) is 0 Å². The Morgan fingerprint density at radius 1 is 0.629 bits per heavy atom. The second-order valence-electron chi connectivity index (χ2n) is 6.04. The predicted octanol–water partition coefficient (Wildman–Crippen LogP) is 6.01. The van der Waals surface area contributed by atoms with Crippen LogP contribution in [0, 0.1) is 0 Å². The summed E-state index contributed by atoms with van der Waals surface area (Å²) in [4.78, 5) is 18.5. The van der Waals surface area contributed by atoms with Crippen molar-refractivity contribution in [2.45, 2.75) is 42.5 Å². The van der Waals surface area contributed by atoms with Crippen LogP contribution in [-0.2, 0) is 19.2 Å². The molecule has 20 heteroatoms. The van der Waals surface area contributed by atoms with Crippen molar-refractivity contribution in [3.63, 3.8) is 0 Å². The maximum absolute atomic E-state index is 13.3. The van der Waals surface area contributed by atoms with Crippen LogP contribution in [-0.4, -0.2) is 55.0 Å². The first-order valence-corrected chi connectivity index (χ1v) is 8.03. The molecule has 0 radical (unpaired) electrons. The van der Waals surface area contributed by atoms with E-state index >= 15 is 0 Å². The highest BCUT2D eigenvalue weighted by Crippen LogP contribution is 2.55. The third-order valence-corrected chi connectivity index (χ3v) is 3.36. The lowest BCUT2D eigenvalue weighted by Crippen LogP contribution is -2.64. The summed E-state index contributed by atoms with van der Waals surface area (Å²) < 4.78 is 196. The quantitative estimate of drug-likeness (QED) is 0.191. The Balaban J connectivity index is 2.95. The van der Waals surface area contributed by atoms with Crippen LogP contribution in [0.15, 0.2) is 30.3 Å². The van der Waals surface area contributed by atoms with E-state index in [9.17, 15) is 70.7 Å². The number of benzene rings is 1. The monoisotopic (exact) mass is 552 g/mol. The first kappa shape index (κ1) is 30.6. The summed E-state index contributed by atoms with van der Waals surface area (Å²) in [6.07, 6.45) is -35.5. The second-order valence-corrected chi connectivity index (χ2v) is 6.04. The molecule has 0 saturated heterocycles. The second kappa shape index (κ2) is 9.52. The first-order valence-electron chi connectivity index (χ1n) is 8.03. The number of alkyl halides is 15. The summed E-state index contributed by atoms with van der Waals surface area (Å²) in [6, 6.07) is 5.85. The van der Waals surface area contributed by atoms with E-state index in [1.54, 1.807) is 0 Å². The summed E-state index contributed by atoms with van der Waals surface area (Å²) in [5, 5.41) is 0. The van der Waals surface area contributed by atoms with Gasteiger partial charge in [0.15, 0.2) is 6.61 Å². The fourth-order valence-corrected chi connectivity index (χ4v) is 1.70. The SMILES string of the molecule is O=C(OOCC(F)(F)OC(F)(F)C(F)(F)OC(F)(F)C(F)(F)C(F)(F)C(F)(F)F)c1ccccc1. The van der Waals surface area contributed by atoms with E-state index in [1.807, 2.05) is 0 Å². The minimum absolute atomic E-state index is 0.374. The van der Waals surface area contributed by atoms with Gasteiger partial charge in [0.25, 0.3) is 0 Å². The summed E-state index contributed by atoms with van der Waals surface area (Å²) in [6.45, 7) is -2.67. The highest BCUT2D eigenvalue weighted by molar-refractivity contribution is 5.88. The van der Waals surface area contributed by atoms with Gasteiger partial charge in [0.2, 0.25) is 0 Å². The summed E-state index contributed by atoms with van der Waals surface area (Å²) in [5.74, 6) is -17.3. The molecule has 1 aromatic carbocycles. The normalized spacial score (nSPS) is 14.7. The molecule has 0 aliphatic rings. The van der Waals surface area contributed by atoms with Crippen LogP contribution >= 0.6 is 0 Å². The van der Waals surface area contributed by atoms with Crippen molar-refractivity contribution in [2.24, 2.45) is 0 Å². The maximum Gasteiger partial charge on any atom is 0.460 e. The van der Waals surface area contributed by atoms with Crippen LogP contribution in [0.5, 0.6) is 0 Å². The summed E-state index contributed by atoms with van der Waals surface area (Å²) >= 11 is 0. The third kappa shape index (κ3) is 6.60. The predicted molar refractivity (Wildman–Crippen MR) is 75.7 cm³/mol. The molecule has 0 heterocycles. The number of halogens is 15. The molecule has 0 atom stereocenters. The largest absolute Gasteiger partial charge is 0.460 e. The van der Waals surface area contributed by atoms with Gasteiger partial charge in [-0.05, 0) is 12.1 Å². The number of rotatable bonds is 11. The molecule has 0 fully saturated rings. The Bertz CT molecular complexity index is 869. The standard InChI is InChI=1S/C15H7F15O5/c16-9(17,6-32-33-8(31)7-4-2-1-3-5-7)34-14(27,28)15(29,30)35-13(25,26)11(20,21)10(18,19)12(22,23)24/h1-5H,6H2. The van der Waals surface area contributed by atoms with Crippen LogP contribution in [0.1, 0.15) is 10.4 Å². The van der Waals surface area contributed by atoms with Crippen molar-refractivity contribution in [3.8, 4) is 0 Å². The van der Waals surface area contributed by atoms with Crippen molar-refractivity contribution in [2.75, 3.05) is 6.61 Å². The van der Waals surface area contributed by atoms with E-state index in [1.165, 1.54) is 22.9 Å². The third-order valence-electron chi connectivity index (χ3n) is 3.36. The van der Waals surface area contributed by atoms with Crippen LogP contribution in [0.25, 0.3) is 0 Å². The number of ether oxygens (including phenoxy) is 2.